The number of sulfonamides is 1. The molecule has 1 rings (SSSR count). The van der Waals surface area contributed by atoms with E-state index in [1.54, 1.807) is 0 Å². The zero-order valence-corrected chi connectivity index (χ0v) is 10.9. The smallest absolute Gasteiger partial charge is 0.240 e. The lowest BCUT2D eigenvalue weighted by Crippen LogP contribution is -2.34. The van der Waals surface area contributed by atoms with Gasteiger partial charge in [0, 0.05) is 14.2 Å². The fourth-order valence-corrected chi connectivity index (χ4v) is 2.25. The number of nitrogens with one attached hydrogen (secondary N) is 1. The molecule has 7 heteroatoms. The molecule has 0 radical (unpaired) electrons. The summed E-state index contributed by atoms with van der Waals surface area (Å²) in [6.07, 6.45) is -0.641. The predicted molar refractivity (Wildman–Crippen MR) is 64.2 cm³/mol. The van der Waals surface area contributed by atoms with Gasteiger partial charge in [0.25, 0.3) is 0 Å². The number of hydrogen-bond donors (Lipinski definition) is 1. The summed E-state index contributed by atoms with van der Waals surface area (Å²) in [5.74, 6) is 0. The Kier molecular flexibility index (Phi) is 5.25. The number of methoxy groups -OCH3 is 2. The third-order valence-electron chi connectivity index (χ3n) is 2.26. The third-order valence-corrected chi connectivity index (χ3v) is 3.70. The second-order valence-electron chi connectivity index (χ2n) is 3.39. The van der Waals surface area contributed by atoms with Gasteiger partial charge in [-0.25, -0.2) is 13.1 Å². The van der Waals surface area contributed by atoms with E-state index >= 15 is 0 Å². The monoisotopic (exact) mass is 270 g/mol. The first-order valence-corrected chi connectivity index (χ1v) is 6.57. The molecule has 0 aromatic heterocycles. The van der Waals surface area contributed by atoms with Crippen LogP contribution in [0, 0.1) is 11.3 Å². The van der Waals surface area contributed by atoms with Crippen LogP contribution in [-0.2, 0) is 19.5 Å². The van der Waals surface area contributed by atoms with Gasteiger partial charge in [0.1, 0.15) is 0 Å². The van der Waals surface area contributed by atoms with Crippen molar-refractivity contribution < 1.29 is 17.9 Å². The van der Waals surface area contributed by atoms with Crippen LogP contribution in [0.15, 0.2) is 29.2 Å². The Labute approximate surface area is 106 Å². The van der Waals surface area contributed by atoms with Gasteiger partial charge >= 0.3 is 0 Å². The number of hydrogen-bond acceptors (Lipinski definition) is 5. The van der Waals surface area contributed by atoms with Crippen LogP contribution in [0.5, 0.6) is 0 Å². The highest BCUT2D eigenvalue weighted by molar-refractivity contribution is 7.89. The highest BCUT2D eigenvalue weighted by Gasteiger charge is 2.16. The standard InChI is InChI=1S/C11H14N2O4S/c1-16-11(17-2)8-13-18(14,15)10-5-3-9(7-12)4-6-10/h3-6,11,13H,8H2,1-2H3. The fraction of sp³-hybridized carbons (Fsp3) is 0.364. The molecule has 0 bridgehead atoms. The first-order chi connectivity index (χ1) is 8.53. The average molecular weight is 270 g/mol. The molecule has 1 aromatic carbocycles. The highest BCUT2D eigenvalue weighted by atomic mass is 32.2. The molecule has 0 spiro atoms. The molecule has 0 aliphatic rings. The van der Waals surface area contributed by atoms with Crippen molar-refractivity contribution in [2.75, 3.05) is 20.8 Å². The minimum Gasteiger partial charge on any atom is -0.355 e. The quantitative estimate of drug-likeness (QED) is 0.758. The third kappa shape index (κ3) is 3.78. The van der Waals surface area contributed by atoms with Gasteiger partial charge < -0.3 is 9.47 Å². The van der Waals surface area contributed by atoms with Crippen LogP contribution in [-0.4, -0.2) is 35.5 Å². The van der Waals surface area contributed by atoms with E-state index in [4.69, 9.17) is 14.7 Å². The van der Waals surface area contributed by atoms with E-state index in [1.807, 2.05) is 6.07 Å². The van der Waals surface area contributed by atoms with Gasteiger partial charge in [0.05, 0.1) is 23.1 Å². The predicted octanol–water partition coefficient (Wildman–Crippen LogP) is 0.455. The molecule has 0 heterocycles. The van der Waals surface area contributed by atoms with Crippen molar-refractivity contribution in [3.8, 4) is 6.07 Å². The van der Waals surface area contributed by atoms with Crippen molar-refractivity contribution in [1.29, 1.82) is 5.26 Å². The maximum Gasteiger partial charge on any atom is 0.240 e. The zero-order chi connectivity index (χ0) is 13.6. The normalized spacial score (nSPS) is 11.4. The van der Waals surface area contributed by atoms with E-state index in [0.717, 1.165) is 0 Å². The maximum absolute atomic E-state index is 11.9. The van der Waals surface area contributed by atoms with Crippen LogP contribution >= 0.6 is 0 Å². The summed E-state index contributed by atoms with van der Waals surface area (Å²) in [5.41, 5.74) is 0.403. The summed E-state index contributed by atoms with van der Waals surface area (Å²) < 4.78 is 35.8. The van der Waals surface area contributed by atoms with Gasteiger partial charge in [0.15, 0.2) is 6.29 Å². The summed E-state index contributed by atoms with van der Waals surface area (Å²) >= 11 is 0. The van der Waals surface area contributed by atoms with Crippen LogP contribution in [0.3, 0.4) is 0 Å². The van der Waals surface area contributed by atoms with E-state index < -0.39 is 16.3 Å². The summed E-state index contributed by atoms with van der Waals surface area (Å²) in [5, 5.41) is 8.62. The molecule has 0 saturated carbocycles. The van der Waals surface area contributed by atoms with Gasteiger partial charge in [0.2, 0.25) is 10.0 Å². The molecule has 1 N–H and O–H groups in total. The Hall–Kier alpha value is -1.46. The molecule has 0 saturated heterocycles. The van der Waals surface area contributed by atoms with Crippen LogP contribution in [0.25, 0.3) is 0 Å². The highest BCUT2D eigenvalue weighted by Crippen LogP contribution is 2.10. The number of nitriles is 1. The topological polar surface area (TPSA) is 88.4 Å². The van der Waals surface area contributed by atoms with Crippen molar-refractivity contribution in [2.24, 2.45) is 0 Å². The van der Waals surface area contributed by atoms with Gasteiger partial charge in [-0.15, -0.1) is 0 Å². The molecule has 6 nitrogen and oxygen atoms in total. The van der Waals surface area contributed by atoms with Crippen LogP contribution in [0.1, 0.15) is 5.56 Å². The first-order valence-electron chi connectivity index (χ1n) is 5.09. The summed E-state index contributed by atoms with van der Waals surface area (Å²) in [6.45, 7) is 0.00926. The molecule has 0 aliphatic carbocycles. The minimum atomic E-state index is -3.62. The van der Waals surface area contributed by atoms with Gasteiger partial charge in [-0.1, -0.05) is 0 Å². The maximum atomic E-state index is 11.9. The lowest BCUT2D eigenvalue weighted by Gasteiger charge is -2.14. The van der Waals surface area contributed by atoms with E-state index in [-0.39, 0.29) is 11.4 Å². The van der Waals surface area contributed by atoms with Gasteiger partial charge in [-0.05, 0) is 24.3 Å². The van der Waals surface area contributed by atoms with Crippen molar-refractivity contribution in [3.05, 3.63) is 29.8 Å². The largest absolute Gasteiger partial charge is 0.355 e. The lowest BCUT2D eigenvalue weighted by molar-refractivity contribution is -0.0960. The lowest BCUT2D eigenvalue weighted by atomic mass is 10.2. The number of rotatable bonds is 6. The van der Waals surface area contributed by atoms with E-state index in [9.17, 15) is 8.42 Å². The summed E-state index contributed by atoms with van der Waals surface area (Å²) in [6, 6.07) is 7.55. The molecule has 18 heavy (non-hydrogen) atoms. The SMILES string of the molecule is COC(CNS(=O)(=O)c1ccc(C#N)cc1)OC. The van der Waals surface area contributed by atoms with Crippen molar-refractivity contribution in [2.45, 2.75) is 11.2 Å². The van der Waals surface area contributed by atoms with Crippen molar-refractivity contribution in [1.82, 2.24) is 4.72 Å². The Morgan fingerprint density at radius 3 is 2.28 bits per heavy atom. The molecule has 0 unspecified atom stereocenters. The molecule has 0 amide bonds. The first kappa shape index (κ1) is 14.6. The minimum absolute atomic E-state index is 0.00926. The van der Waals surface area contributed by atoms with E-state index in [2.05, 4.69) is 4.72 Å². The average Bonchev–Trinajstić information content (AvgIpc) is 2.40. The molecule has 0 fully saturated rings. The number of ether oxygens (including phenoxy) is 2. The fourth-order valence-electron chi connectivity index (χ4n) is 1.23. The van der Waals surface area contributed by atoms with Gasteiger partial charge in [-0.2, -0.15) is 5.26 Å². The van der Waals surface area contributed by atoms with Crippen LogP contribution in [0.2, 0.25) is 0 Å². The zero-order valence-electron chi connectivity index (χ0n) is 10.1. The van der Waals surface area contributed by atoms with Gasteiger partial charge in [-0.3, -0.25) is 0 Å². The van der Waals surface area contributed by atoms with Crippen molar-refractivity contribution in [3.63, 3.8) is 0 Å². The Morgan fingerprint density at radius 2 is 1.83 bits per heavy atom. The molecule has 0 atom stereocenters. The molecule has 0 aliphatic heterocycles. The Bertz CT molecular complexity index is 515. The molecular weight excluding hydrogens is 256 g/mol. The van der Waals surface area contributed by atoms with Crippen LogP contribution < -0.4 is 4.72 Å². The van der Waals surface area contributed by atoms with Crippen molar-refractivity contribution >= 4 is 10.0 Å². The summed E-state index contributed by atoms with van der Waals surface area (Å²) in [7, 11) is -0.778. The molecule has 1 aromatic rings. The molecule has 98 valence electrons. The second kappa shape index (κ2) is 6.47. The Morgan fingerprint density at radius 1 is 1.28 bits per heavy atom. The van der Waals surface area contributed by atoms with E-state index in [1.165, 1.54) is 38.5 Å². The second-order valence-corrected chi connectivity index (χ2v) is 5.16. The van der Waals surface area contributed by atoms with E-state index in [0.29, 0.717) is 5.56 Å². The number of benzene rings is 1. The molecular formula is C11H14N2O4S. The summed E-state index contributed by atoms with van der Waals surface area (Å²) in [4.78, 5) is 0.0902. The van der Waals surface area contributed by atoms with Crippen LogP contribution in [0.4, 0.5) is 0 Å². The Balaban J connectivity index is 2.77. The number of nitrogens with zero attached hydrogens (tertiary/aromatic N) is 1.